The predicted molar refractivity (Wildman–Crippen MR) is 68.5 cm³/mol. The number of ketones is 1. The number of aromatic nitrogens is 2. The zero-order valence-corrected chi connectivity index (χ0v) is 11.3. The van der Waals surface area contributed by atoms with E-state index in [1.165, 1.54) is 11.3 Å². The van der Waals surface area contributed by atoms with Gasteiger partial charge in [-0.25, -0.2) is 4.79 Å². The molecular weight excluding hydrogens is 252 g/mol. The standard InChI is InChI=1S/C12H14N2O3S/c1-12(2,3)9(15)7-14-11(16)17-10(13-14)8-5-4-6-18-8/h4-6H,7H2,1-3H3. The van der Waals surface area contributed by atoms with Gasteiger partial charge in [-0.15, -0.1) is 16.4 Å². The summed E-state index contributed by atoms with van der Waals surface area (Å²) in [6, 6.07) is 3.66. The first-order chi connectivity index (χ1) is 8.38. The smallest absolute Gasteiger partial charge is 0.387 e. The highest BCUT2D eigenvalue weighted by molar-refractivity contribution is 7.13. The molecular formula is C12H14N2O3S. The molecule has 0 radical (unpaired) electrons. The number of hydrogen-bond donors (Lipinski definition) is 0. The van der Waals surface area contributed by atoms with Crippen LogP contribution in [0.1, 0.15) is 20.8 Å². The van der Waals surface area contributed by atoms with Gasteiger partial charge < -0.3 is 4.42 Å². The number of nitrogens with zero attached hydrogens (tertiary/aromatic N) is 2. The lowest BCUT2D eigenvalue weighted by Gasteiger charge is -2.15. The van der Waals surface area contributed by atoms with Gasteiger partial charge in [0.2, 0.25) is 0 Å². The molecule has 2 rings (SSSR count). The third kappa shape index (κ3) is 2.59. The highest BCUT2D eigenvalue weighted by Gasteiger charge is 2.23. The van der Waals surface area contributed by atoms with E-state index >= 15 is 0 Å². The molecule has 0 amide bonds. The third-order valence-electron chi connectivity index (χ3n) is 2.47. The van der Waals surface area contributed by atoms with Crippen LogP contribution >= 0.6 is 11.3 Å². The van der Waals surface area contributed by atoms with Crippen molar-refractivity contribution in [2.24, 2.45) is 5.41 Å². The van der Waals surface area contributed by atoms with E-state index in [1.807, 2.05) is 17.5 Å². The SMILES string of the molecule is CC(C)(C)C(=O)Cn1nc(-c2cccs2)oc1=O. The molecule has 0 aliphatic rings. The van der Waals surface area contributed by atoms with Crippen molar-refractivity contribution in [2.75, 3.05) is 0 Å². The average molecular weight is 266 g/mol. The third-order valence-corrected chi connectivity index (χ3v) is 3.33. The largest absolute Gasteiger partial charge is 0.437 e. The van der Waals surface area contributed by atoms with Gasteiger partial charge in [0.05, 0.1) is 4.88 Å². The normalized spacial score (nSPS) is 11.7. The summed E-state index contributed by atoms with van der Waals surface area (Å²) in [7, 11) is 0. The van der Waals surface area contributed by atoms with Crippen LogP contribution in [0.3, 0.4) is 0 Å². The molecule has 0 aliphatic heterocycles. The van der Waals surface area contributed by atoms with Gasteiger partial charge >= 0.3 is 5.76 Å². The number of carbonyl (C=O) groups excluding carboxylic acids is 1. The van der Waals surface area contributed by atoms with Crippen LogP contribution < -0.4 is 5.76 Å². The van der Waals surface area contributed by atoms with Crippen LogP contribution in [0.15, 0.2) is 26.7 Å². The van der Waals surface area contributed by atoms with Crippen LogP contribution in [-0.2, 0) is 11.3 Å². The van der Waals surface area contributed by atoms with Crippen molar-refractivity contribution in [2.45, 2.75) is 27.3 Å². The van der Waals surface area contributed by atoms with Gasteiger partial charge in [-0.2, -0.15) is 4.68 Å². The van der Waals surface area contributed by atoms with E-state index in [4.69, 9.17) is 4.42 Å². The minimum Gasteiger partial charge on any atom is -0.387 e. The van der Waals surface area contributed by atoms with Crippen molar-refractivity contribution in [3.8, 4) is 10.8 Å². The fraction of sp³-hybridized carbons (Fsp3) is 0.417. The second-order valence-corrected chi connectivity index (χ2v) is 5.93. The molecule has 18 heavy (non-hydrogen) atoms. The Morgan fingerprint density at radius 1 is 1.50 bits per heavy atom. The first-order valence-corrected chi connectivity index (χ1v) is 6.41. The average Bonchev–Trinajstić information content (AvgIpc) is 2.87. The van der Waals surface area contributed by atoms with Gasteiger partial charge in [0.25, 0.3) is 5.89 Å². The maximum absolute atomic E-state index is 11.8. The van der Waals surface area contributed by atoms with Crippen LogP contribution in [0.5, 0.6) is 0 Å². The molecule has 0 fully saturated rings. The summed E-state index contributed by atoms with van der Waals surface area (Å²) in [5.74, 6) is -0.400. The Balaban J connectivity index is 2.26. The van der Waals surface area contributed by atoms with Crippen LogP contribution in [0.2, 0.25) is 0 Å². The number of carbonyl (C=O) groups is 1. The molecule has 2 aromatic heterocycles. The van der Waals surface area contributed by atoms with E-state index in [1.54, 1.807) is 20.8 Å². The Kier molecular flexibility index (Phi) is 3.21. The van der Waals surface area contributed by atoms with Gasteiger partial charge in [-0.1, -0.05) is 26.8 Å². The monoisotopic (exact) mass is 266 g/mol. The molecule has 0 N–H and O–H groups in total. The summed E-state index contributed by atoms with van der Waals surface area (Å²) in [5, 5.41) is 5.90. The lowest BCUT2D eigenvalue weighted by molar-refractivity contribution is -0.127. The molecule has 0 atom stereocenters. The second-order valence-electron chi connectivity index (χ2n) is 4.98. The lowest BCUT2D eigenvalue weighted by atomic mass is 9.91. The van der Waals surface area contributed by atoms with Gasteiger partial charge in [0, 0.05) is 5.41 Å². The minimum absolute atomic E-state index is 0.0583. The summed E-state index contributed by atoms with van der Waals surface area (Å²) in [6.07, 6.45) is 0. The van der Waals surface area contributed by atoms with Crippen molar-refractivity contribution in [1.29, 1.82) is 0 Å². The second kappa shape index (κ2) is 4.53. The van der Waals surface area contributed by atoms with Gasteiger partial charge in [0.1, 0.15) is 6.54 Å². The maximum atomic E-state index is 11.8. The van der Waals surface area contributed by atoms with Crippen molar-refractivity contribution < 1.29 is 9.21 Å². The number of rotatable bonds is 3. The van der Waals surface area contributed by atoms with E-state index in [-0.39, 0.29) is 18.2 Å². The van der Waals surface area contributed by atoms with Crippen LogP contribution in [0.4, 0.5) is 0 Å². The fourth-order valence-corrected chi connectivity index (χ4v) is 1.92. The maximum Gasteiger partial charge on any atom is 0.437 e. The highest BCUT2D eigenvalue weighted by Crippen LogP contribution is 2.21. The van der Waals surface area contributed by atoms with Crippen molar-refractivity contribution in [1.82, 2.24) is 9.78 Å². The number of thiophene rings is 1. The minimum atomic E-state index is -0.601. The molecule has 0 spiro atoms. The quantitative estimate of drug-likeness (QED) is 0.854. The Hall–Kier alpha value is -1.69. The van der Waals surface area contributed by atoms with E-state index in [0.29, 0.717) is 0 Å². The molecule has 0 saturated heterocycles. The molecule has 2 heterocycles. The van der Waals surface area contributed by atoms with E-state index in [9.17, 15) is 9.59 Å². The van der Waals surface area contributed by atoms with Gasteiger partial charge in [-0.05, 0) is 11.4 Å². The Bertz CT molecular complexity index is 602. The lowest BCUT2D eigenvalue weighted by Crippen LogP contribution is -2.29. The Morgan fingerprint density at radius 2 is 2.22 bits per heavy atom. The number of hydrogen-bond acceptors (Lipinski definition) is 5. The molecule has 2 aromatic rings. The summed E-state index contributed by atoms with van der Waals surface area (Å²) in [5.41, 5.74) is -0.499. The molecule has 96 valence electrons. The number of Topliss-reactive ketones (excluding diaryl/α,β-unsaturated/α-hetero) is 1. The highest BCUT2D eigenvalue weighted by atomic mass is 32.1. The summed E-state index contributed by atoms with van der Waals surface area (Å²) >= 11 is 1.43. The fourth-order valence-electron chi connectivity index (χ4n) is 1.28. The molecule has 6 heteroatoms. The molecule has 0 aromatic carbocycles. The van der Waals surface area contributed by atoms with E-state index in [0.717, 1.165) is 9.56 Å². The molecule has 0 aliphatic carbocycles. The zero-order valence-electron chi connectivity index (χ0n) is 10.5. The van der Waals surface area contributed by atoms with Crippen LogP contribution in [0.25, 0.3) is 10.8 Å². The van der Waals surface area contributed by atoms with E-state index < -0.39 is 11.2 Å². The summed E-state index contributed by atoms with van der Waals surface area (Å²) < 4.78 is 6.10. The van der Waals surface area contributed by atoms with Crippen molar-refractivity contribution in [3.05, 3.63) is 28.1 Å². The molecule has 0 bridgehead atoms. The molecule has 5 nitrogen and oxygen atoms in total. The van der Waals surface area contributed by atoms with Crippen LogP contribution in [-0.4, -0.2) is 15.6 Å². The Labute approximate surface area is 108 Å². The molecule has 0 unspecified atom stereocenters. The Morgan fingerprint density at radius 3 is 2.78 bits per heavy atom. The molecule has 0 saturated carbocycles. The summed E-state index contributed by atoms with van der Waals surface area (Å²) in [6.45, 7) is 5.36. The van der Waals surface area contributed by atoms with Crippen molar-refractivity contribution in [3.63, 3.8) is 0 Å². The first kappa shape index (κ1) is 12.8. The first-order valence-electron chi connectivity index (χ1n) is 5.53. The van der Waals surface area contributed by atoms with Gasteiger partial charge in [-0.3, -0.25) is 4.79 Å². The van der Waals surface area contributed by atoms with Gasteiger partial charge in [0.15, 0.2) is 5.78 Å². The topological polar surface area (TPSA) is 65.1 Å². The van der Waals surface area contributed by atoms with Crippen LogP contribution in [0, 0.1) is 5.41 Å². The zero-order chi connectivity index (χ0) is 13.3. The van der Waals surface area contributed by atoms with Crippen molar-refractivity contribution >= 4 is 17.1 Å². The summed E-state index contributed by atoms with van der Waals surface area (Å²) in [4.78, 5) is 24.2. The van der Waals surface area contributed by atoms with E-state index in [2.05, 4.69) is 5.10 Å². The predicted octanol–water partition coefficient (Wildman–Crippen LogP) is 2.18.